The van der Waals surface area contributed by atoms with Crippen molar-refractivity contribution >= 4 is 29.3 Å². The quantitative estimate of drug-likeness (QED) is 0.752. The Labute approximate surface area is 142 Å². The van der Waals surface area contributed by atoms with E-state index in [1.54, 1.807) is 25.1 Å². The zero-order valence-electron chi connectivity index (χ0n) is 13.0. The van der Waals surface area contributed by atoms with Gasteiger partial charge < -0.3 is 10.1 Å². The van der Waals surface area contributed by atoms with Crippen LogP contribution >= 0.6 is 23.4 Å². The topological polar surface area (TPSA) is 38.3 Å². The van der Waals surface area contributed by atoms with Crippen LogP contribution in [0.5, 0.6) is 5.75 Å². The summed E-state index contributed by atoms with van der Waals surface area (Å²) in [4.78, 5) is 12.0. The molecule has 1 aromatic carbocycles. The highest BCUT2D eigenvalue weighted by Gasteiger charge is 2.16. The third-order valence-electron chi connectivity index (χ3n) is 3.79. The summed E-state index contributed by atoms with van der Waals surface area (Å²) in [6, 6.07) is 7.10. The van der Waals surface area contributed by atoms with E-state index in [9.17, 15) is 4.79 Å². The number of hydrogen-bond acceptors (Lipinski definition) is 3. The molecule has 22 heavy (non-hydrogen) atoms. The van der Waals surface area contributed by atoms with Crippen LogP contribution in [0.4, 0.5) is 0 Å². The maximum Gasteiger partial charge on any atom is 0.260 e. The maximum absolute atomic E-state index is 12.0. The number of halogens is 1. The molecule has 122 valence electrons. The van der Waals surface area contributed by atoms with E-state index < -0.39 is 6.10 Å². The van der Waals surface area contributed by atoms with Crippen LogP contribution in [0, 0.1) is 0 Å². The van der Waals surface area contributed by atoms with Gasteiger partial charge in [-0.1, -0.05) is 36.9 Å². The Morgan fingerprint density at radius 3 is 2.91 bits per heavy atom. The molecule has 1 unspecified atom stereocenters. The molecule has 3 nitrogen and oxygen atoms in total. The Bertz CT molecular complexity index is 477. The minimum Gasteiger partial charge on any atom is -0.481 e. The summed E-state index contributed by atoms with van der Waals surface area (Å²) in [6.45, 7) is 2.45. The first-order valence-electron chi connectivity index (χ1n) is 7.96. The average molecular weight is 342 g/mol. The maximum atomic E-state index is 12.0. The number of benzene rings is 1. The number of amides is 1. The Morgan fingerprint density at radius 2 is 2.18 bits per heavy atom. The monoisotopic (exact) mass is 341 g/mol. The zero-order valence-corrected chi connectivity index (χ0v) is 14.6. The van der Waals surface area contributed by atoms with E-state index in [2.05, 4.69) is 5.32 Å². The van der Waals surface area contributed by atoms with Crippen molar-refractivity contribution in [3.05, 3.63) is 29.3 Å². The molecule has 0 aromatic heterocycles. The van der Waals surface area contributed by atoms with Gasteiger partial charge in [-0.25, -0.2) is 0 Å². The van der Waals surface area contributed by atoms with Crippen LogP contribution in [0.1, 0.15) is 39.0 Å². The van der Waals surface area contributed by atoms with E-state index >= 15 is 0 Å². The molecular formula is C17H24ClNO2S. The minimum absolute atomic E-state index is 0.0794. The van der Waals surface area contributed by atoms with Crippen LogP contribution in [0.2, 0.25) is 5.02 Å². The van der Waals surface area contributed by atoms with Gasteiger partial charge >= 0.3 is 0 Å². The van der Waals surface area contributed by atoms with Crippen LogP contribution in [-0.2, 0) is 4.79 Å². The summed E-state index contributed by atoms with van der Waals surface area (Å²) < 4.78 is 5.60. The molecule has 0 saturated heterocycles. The molecular weight excluding hydrogens is 318 g/mol. The first-order valence-corrected chi connectivity index (χ1v) is 9.39. The van der Waals surface area contributed by atoms with Crippen molar-refractivity contribution in [2.24, 2.45) is 0 Å². The number of carbonyl (C=O) groups is 1. The molecule has 1 amide bonds. The van der Waals surface area contributed by atoms with E-state index in [0.29, 0.717) is 17.3 Å². The van der Waals surface area contributed by atoms with Crippen LogP contribution in [-0.4, -0.2) is 29.6 Å². The minimum atomic E-state index is -0.516. The number of thioether (sulfide) groups is 1. The van der Waals surface area contributed by atoms with Crippen molar-refractivity contribution < 1.29 is 9.53 Å². The molecule has 0 aliphatic heterocycles. The second kappa shape index (κ2) is 9.31. The largest absolute Gasteiger partial charge is 0.481 e. The molecule has 0 radical (unpaired) electrons. The lowest BCUT2D eigenvalue weighted by Gasteiger charge is -2.21. The Balaban J connectivity index is 1.63. The lowest BCUT2D eigenvalue weighted by atomic mass is 10.0. The molecule has 0 heterocycles. The fourth-order valence-electron chi connectivity index (χ4n) is 2.57. The van der Waals surface area contributed by atoms with Crippen LogP contribution in [0.15, 0.2) is 24.3 Å². The van der Waals surface area contributed by atoms with Crippen molar-refractivity contribution in [2.75, 3.05) is 12.3 Å². The van der Waals surface area contributed by atoms with Gasteiger partial charge in [-0.3, -0.25) is 4.79 Å². The van der Waals surface area contributed by atoms with E-state index in [0.717, 1.165) is 11.0 Å². The Morgan fingerprint density at radius 1 is 1.41 bits per heavy atom. The summed E-state index contributed by atoms with van der Waals surface area (Å²) >= 11 is 7.88. The summed E-state index contributed by atoms with van der Waals surface area (Å²) in [6.07, 6.45) is 6.23. The van der Waals surface area contributed by atoms with Gasteiger partial charge in [0.1, 0.15) is 5.75 Å². The molecule has 0 spiro atoms. The first-order chi connectivity index (χ1) is 10.6. The van der Waals surface area contributed by atoms with Gasteiger partial charge in [-0.2, -0.15) is 11.8 Å². The Kier molecular flexibility index (Phi) is 7.40. The highest BCUT2D eigenvalue weighted by atomic mass is 35.5. The molecule has 1 N–H and O–H groups in total. The highest BCUT2D eigenvalue weighted by molar-refractivity contribution is 7.99. The van der Waals surface area contributed by atoms with E-state index in [-0.39, 0.29) is 5.91 Å². The summed E-state index contributed by atoms with van der Waals surface area (Å²) in [5.41, 5.74) is 0. The predicted molar refractivity (Wildman–Crippen MR) is 93.9 cm³/mol. The zero-order chi connectivity index (χ0) is 15.8. The van der Waals surface area contributed by atoms with Gasteiger partial charge in [-0.05, 0) is 38.0 Å². The average Bonchev–Trinajstić information content (AvgIpc) is 2.52. The van der Waals surface area contributed by atoms with Crippen molar-refractivity contribution in [1.82, 2.24) is 5.32 Å². The molecule has 1 fully saturated rings. The number of rotatable bonds is 7. The fourth-order valence-corrected chi connectivity index (χ4v) is 3.97. The lowest BCUT2D eigenvalue weighted by Crippen LogP contribution is -2.37. The van der Waals surface area contributed by atoms with Gasteiger partial charge in [0.15, 0.2) is 6.10 Å². The van der Waals surface area contributed by atoms with E-state index in [1.165, 1.54) is 32.1 Å². The molecule has 5 heteroatoms. The van der Waals surface area contributed by atoms with Crippen molar-refractivity contribution in [3.63, 3.8) is 0 Å². The summed E-state index contributed by atoms with van der Waals surface area (Å²) in [7, 11) is 0. The molecule has 0 bridgehead atoms. The van der Waals surface area contributed by atoms with Crippen molar-refractivity contribution in [2.45, 2.75) is 50.4 Å². The highest BCUT2D eigenvalue weighted by Crippen LogP contribution is 2.27. The number of ether oxygens (including phenoxy) is 1. The Hall–Kier alpha value is -0.870. The molecule has 1 aliphatic rings. The summed E-state index contributed by atoms with van der Waals surface area (Å²) in [5.74, 6) is 1.51. The van der Waals surface area contributed by atoms with Crippen molar-refractivity contribution in [1.29, 1.82) is 0 Å². The summed E-state index contributed by atoms with van der Waals surface area (Å²) in [5, 5.41) is 4.33. The van der Waals surface area contributed by atoms with Gasteiger partial charge in [0.05, 0.1) is 0 Å². The lowest BCUT2D eigenvalue weighted by molar-refractivity contribution is -0.127. The number of nitrogens with one attached hydrogen (secondary N) is 1. The van der Waals surface area contributed by atoms with Gasteiger partial charge in [0.25, 0.3) is 5.91 Å². The number of hydrogen-bond donors (Lipinski definition) is 1. The third-order valence-corrected chi connectivity index (χ3v) is 5.40. The normalized spacial score (nSPS) is 17.0. The second-order valence-electron chi connectivity index (χ2n) is 5.64. The van der Waals surface area contributed by atoms with Gasteiger partial charge in [-0.15, -0.1) is 0 Å². The van der Waals surface area contributed by atoms with E-state index in [1.807, 2.05) is 17.8 Å². The number of carbonyl (C=O) groups excluding carboxylic acids is 1. The van der Waals surface area contributed by atoms with Gasteiger partial charge in [0, 0.05) is 22.6 Å². The van der Waals surface area contributed by atoms with E-state index in [4.69, 9.17) is 16.3 Å². The SMILES string of the molecule is CC(Oc1cccc(Cl)c1)C(=O)NCCSC1CCCCC1. The fraction of sp³-hybridized carbons (Fsp3) is 0.588. The molecule has 1 saturated carbocycles. The molecule has 2 rings (SSSR count). The second-order valence-corrected chi connectivity index (χ2v) is 7.48. The smallest absolute Gasteiger partial charge is 0.260 e. The van der Waals surface area contributed by atoms with Crippen LogP contribution < -0.4 is 10.1 Å². The van der Waals surface area contributed by atoms with Crippen LogP contribution in [0.25, 0.3) is 0 Å². The van der Waals surface area contributed by atoms with Crippen LogP contribution in [0.3, 0.4) is 0 Å². The third kappa shape index (κ3) is 6.09. The molecule has 1 aromatic rings. The first kappa shape index (κ1) is 17.5. The molecule has 1 aliphatic carbocycles. The van der Waals surface area contributed by atoms with Gasteiger partial charge in [0.2, 0.25) is 0 Å². The standard InChI is InChI=1S/C17H24ClNO2S/c1-13(21-15-7-5-6-14(18)12-15)17(20)19-10-11-22-16-8-3-2-4-9-16/h5-7,12-13,16H,2-4,8-11H2,1H3,(H,19,20). The predicted octanol–water partition coefficient (Wildman–Crippen LogP) is 4.29. The molecule has 1 atom stereocenters. The van der Waals surface area contributed by atoms with Crippen molar-refractivity contribution in [3.8, 4) is 5.75 Å².